The lowest BCUT2D eigenvalue weighted by molar-refractivity contribution is -0.136. The van der Waals surface area contributed by atoms with Gasteiger partial charge in [-0.05, 0) is 36.2 Å². The summed E-state index contributed by atoms with van der Waals surface area (Å²) in [6.07, 6.45) is 2.37. The number of nitrogens with one attached hydrogen (secondary N) is 2. The molecule has 2 aliphatic rings. The molecule has 0 radical (unpaired) electrons. The smallest absolute Gasteiger partial charge is 0.255 e. The van der Waals surface area contributed by atoms with Gasteiger partial charge in [-0.1, -0.05) is 24.3 Å². The number of benzene rings is 2. The Morgan fingerprint density at radius 3 is 2.73 bits per heavy atom. The molecular weight excluding hydrogens is 418 g/mol. The fourth-order valence-electron chi connectivity index (χ4n) is 4.88. The Morgan fingerprint density at radius 1 is 1.06 bits per heavy atom. The van der Waals surface area contributed by atoms with Crippen LogP contribution in [0.4, 0.5) is 0 Å². The molecule has 4 aromatic rings. The number of piperidine rings is 1. The van der Waals surface area contributed by atoms with Gasteiger partial charge in [0.2, 0.25) is 11.8 Å². The van der Waals surface area contributed by atoms with Crippen molar-refractivity contribution in [1.29, 1.82) is 0 Å². The van der Waals surface area contributed by atoms with E-state index >= 15 is 0 Å². The molecule has 8 nitrogen and oxygen atoms in total. The molecule has 1 unspecified atom stereocenters. The van der Waals surface area contributed by atoms with E-state index in [1.165, 1.54) is 0 Å². The predicted octanol–water partition coefficient (Wildman–Crippen LogP) is 3.00. The first-order chi connectivity index (χ1) is 16.0. The van der Waals surface area contributed by atoms with Gasteiger partial charge in [0.05, 0.1) is 23.4 Å². The molecule has 3 amide bonds. The van der Waals surface area contributed by atoms with E-state index < -0.39 is 11.9 Å². The summed E-state index contributed by atoms with van der Waals surface area (Å²) in [5.41, 5.74) is 6.14. The normalized spacial score (nSPS) is 18.2. The molecule has 0 bridgehead atoms. The number of aromatic amines is 1. The quantitative estimate of drug-likeness (QED) is 0.479. The maximum absolute atomic E-state index is 13.0. The average Bonchev–Trinajstić information content (AvgIpc) is 3.48. The first-order valence-electron chi connectivity index (χ1n) is 10.9. The summed E-state index contributed by atoms with van der Waals surface area (Å²) in [5, 5.41) is 3.47. The number of carbonyl (C=O) groups excluding carboxylic acids is 3. The highest BCUT2D eigenvalue weighted by atomic mass is 16.2. The number of carbonyl (C=O) groups is 3. The molecule has 0 aliphatic carbocycles. The first-order valence-corrected chi connectivity index (χ1v) is 10.9. The van der Waals surface area contributed by atoms with Crippen LogP contribution in [0, 0.1) is 0 Å². The number of hydrogen-bond acceptors (Lipinski definition) is 4. The molecule has 2 aromatic carbocycles. The van der Waals surface area contributed by atoms with Gasteiger partial charge in [0.25, 0.3) is 5.91 Å². The van der Waals surface area contributed by atoms with Crippen molar-refractivity contribution in [3.63, 3.8) is 0 Å². The van der Waals surface area contributed by atoms with Gasteiger partial charge in [-0.15, -0.1) is 0 Å². The predicted molar refractivity (Wildman–Crippen MR) is 122 cm³/mol. The van der Waals surface area contributed by atoms with Gasteiger partial charge in [0.15, 0.2) is 0 Å². The lowest BCUT2D eigenvalue weighted by atomic mass is 10.0. The third-order valence-electron chi connectivity index (χ3n) is 6.52. The summed E-state index contributed by atoms with van der Waals surface area (Å²) in [4.78, 5) is 46.5. The number of imide groups is 1. The third kappa shape index (κ3) is 3.06. The van der Waals surface area contributed by atoms with Crippen molar-refractivity contribution in [3.8, 4) is 22.6 Å². The highest BCUT2D eigenvalue weighted by Crippen LogP contribution is 2.35. The fourth-order valence-corrected chi connectivity index (χ4v) is 4.88. The SMILES string of the molecule is Cn1cnc(-c2ccc3c(c2)CN(C2CCC(=O)NC2=O)C3=O)c1-c1cc2ccccc2[nH]1. The summed E-state index contributed by atoms with van der Waals surface area (Å²) in [7, 11) is 1.96. The molecule has 2 aliphatic heterocycles. The molecule has 33 heavy (non-hydrogen) atoms. The van der Waals surface area contributed by atoms with E-state index in [4.69, 9.17) is 0 Å². The number of hydrogen-bond donors (Lipinski definition) is 2. The summed E-state index contributed by atoms with van der Waals surface area (Å²) in [5.74, 6) is -0.872. The van der Waals surface area contributed by atoms with Crippen LogP contribution in [0.1, 0.15) is 28.8 Å². The number of amides is 3. The monoisotopic (exact) mass is 439 g/mol. The van der Waals surface area contributed by atoms with Crippen LogP contribution < -0.4 is 5.32 Å². The molecule has 8 heteroatoms. The number of imidazole rings is 1. The van der Waals surface area contributed by atoms with E-state index in [1.807, 2.05) is 48.0 Å². The van der Waals surface area contributed by atoms with Crippen LogP contribution in [0.25, 0.3) is 33.5 Å². The number of rotatable bonds is 3. The lowest BCUT2D eigenvalue weighted by Gasteiger charge is -2.29. The van der Waals surface area contributed by atoms with Crippen LogP contribution >= 0.6 is 0 Å². The second kappa shape index (κ2) is 7.16. The lowest BCUT2D eigenvalue weighted by Crippen LogP contribution is -2.52. The molecule has 2 aromatic heterocycles. The number of nitrogens with zero attached hydrogens (tertiary/aromatic N) is 3. The minimum absolute atomic E-state index is 0.178. The highest BCUT2D eigenvalue weighted by molar-refractivity contribution is 6.05. The van der Waals surface area contributed by atoms with Crippen molar-refractivity contribution < 1.29 is 14.4 Å². The minimum atomic E-state index is -0.622. The first kappa shape index (κ1) is 19.5. The van der Waals surface area contributed by atoms with E-state index in [0.717, 1.165) is 39.1 Å². The Morgan fingerprint density at radius 2 is 1.91 bits per heavy atom. The minimum Gasteiger partial charge on any atom is -0.353 e. The molecule has 1 saturated heterocycles. The van der Waals surface area contributed by atoms with Crippen molar-refractivity contribution >= 4 is 28.6 Å². The van der Waals surface area contributed by atoms with Gasteiger partial charge in [0, 0.05) is 42.0 Å². The van der Waals surface area contributed by atoms with Crippen LogP contribution in [0.5, 0.6) is 0 Å². The van der Waals surface area contributed by atoms with Gasteiger partial charge in [0.1, 0.15) is 6.04 Å². The Labute approximate surface area is 189 Å². The summed E-state index contributed by atoms with van der Waals surface area (Å²) in [6.45, 7) is 0.336. The fraction of sp³-hybridized carbons (Fsp3) is 0.200. The number of H-pyrrole nitrogens is 1. The van der Waals surface area contributed by atoms with Gasteiger partial charge < -0.3 is 14.5 Å². The van der Waals surface area contributed by atoms with E-state index in [0.29, 0.717) is 18.5 Å². The van der Waals surface area contributed by atoms with E-state index in [-0.39, 0.29) is 18.2 Å². The van der Waals surface area contributed by atoms with Gasteiger partial charge in [-0.2, -0.15) is 0 Å². The summed E-state index contributed by atoms with van der Waals surface area (Å²) >= 11 is 0. The molecule has 4 heterocycles. The molecule has 2 N–H and O–H groups in total. The van der Waals surface area contributed by atoms with Crippen molar-refractivity contribution in [2.75, 3.05) is 0 Å². The van der Waals surface area contributed by atoms with Crippen LogP contribution in [-0.2, 0) is 23.2 Å². The molecule has 1 atom stereocenters. The second-order valence-electron chi connectivity index (χ2n) is 8.59. The zero-order chi connectivity index (χ0) is 22.7. The zero-order valence-electron chi connectivity index (χ0n) is 18.0. The maximum Gasteiger partial charge on any atom is 0.255 e. The largest absolute Gasteiger partial charge is 0.353 e. The Bertz CT molecular complexity index is 1430. The maximum atomic E-state index is 13.0. The topological polar surface area (TPSA) is 100 Å². The Kier molecular flexibility index (Phi) is 4.23. The molecule has 164 valence electrons. The average molecular weight is 439 g/mol. The molecule has 6 rings (SSSR count). The standard InChI is InChI=1S/C25H21N5O3/c1-29-13-26-22(23(29)19-11-14-4-2-3-5-18(14)27-19)15-6-7-17-16(10-15)12-30(25(17)33)20-8-9-21(31)28-24(20)32/h2-7,10-11,13,20,27H,8-9,12H2,1H3,(H,28,31,32). The van der Waals surface area contributed by atoms with Crippen LogP contribution in [0.15, 0.2) is 54.9 Å². The molecule has 0 saturated carbocycles. The molecule has 0 spiro atoms. The van der Waals surface area contributed by atoms with Crippen LogP contribution in [0.3, 0.4) is 0 Å². The van der Waals surface area contributed by atoms with Gasteiger partial charge in [-0.25, -0.2) is 4.98 Å². The van der Waals surface area contributed by atoms with Crippen molar-refractivity contribution in [3.05, 3.63) is 66.0 Å². The third-order valence-corrected chi connectivity index (χ3v) is 6.52. The summed E-state index contributed by atoms with van der Waals surface area (Å²) < 4.78 is 1.98. The molecular formula is C25H21N5O3. The number of aromatic nitrogens is 3. The highest BCUT2D eigenvalue weighted by Gasteiger charge is 2.39. The van der Waals surface area contributed by atoms with E-state index in [9.17, 15) is 14.4 Å². The van der Waals surface area contributed by atoms with Crippen molar-refractivity contribution in [2.45, 2.75) is 25.4 Å². The second-order valence-corrected chi connectivity index (χ2v) is 8.59. The van der Waals surface area contributed by atoms with E-state index in [2.05, 4.69) is 27.4 Å². The summed E-state index contributed by atoms with van der Waals surface area (Å²) in [6, 6.07) is 15.3. The van der Waals surface area contributed by atoms with Gasteiger partial charge >= 0.3 is 0 Å². The number of fused-ring (bicyclic) bond motifs is 2. The Balaban J connectivity index is 1.36. The van der Waals surface area contributed by atoms with E-state index in [1.54, 1.807) is 11.2 Å². The van der Waals surface area contributed by atoms with Crippen molar-refractivity contribution in [1.82, 2.24) is 24.8 Å². The molecule has 1 fully saturated rings. The van der Waals surface area contributed by atoms with Gasteiger partial charge in [-0.3, -0.25) is 19.7 Å². The Hall–Kier alpha value is -4.20. The van der Waals surface area contributed by atoms with Crippen LogP contribution in [0.2, 0.25) is 0 Å². The zero-order valence-corrected chi connectivity index (χ0v) is 18.0. The number of para-hydroxylation sites is 1. The number of aryl methyl sites for hydroxylation is 1. The van der Waals surface area contributed by atoms with Crippen molar-refractivity contribution in [2.24, 2.45) is 7.05 Å². The van der Waals surface area contributed by atoms with Crippen LogP contribution in [-0.4, -0.2) is 43.2 Å².